The molecule has 194 valence electrons. The van der Waals surface area contributed by atoms with Gasteiger partial charge in [-0.1, -0.05) is 13.0 Å². The van der Waals surface area contributed by atoms with Crippen LogP contribution in [0.3, 0.4) is 0 Å². The van der Waals surface area contributed by atoms with Crippen molar-refractivity contribution in [2.75, 3.05) is 20.8 Å². The number of benzene rings is 1. The van der Waals surface area contributed by atoms with Crippen LogP contribution in [0.25, 0.3) is 5.69 Å². The van der Waals surface area contributed by atoms with E-state index >= 15 is 0 Å². The van der Waals surface area contributed by atoms with Crippen LogP contribution in [0, 0.1) is 6.92 Å². The molecule has 0 unspecified atom stereocenters. The van der Waals surface area contributed by atoms with Gasteiger partial charge in [0.1, 0.15) is 34.9 Å². The summed E-state index contributed by atoms with van der Waals surface area (Å²) < 4.78 is 46.2. The molecular formula is C25H33N5O5S. The van der Waals surface area contributed by atoms with Gasteiger partial charge in [-0.05, 0) is 50.8 Å². The van der Waals surface area contributed by atoms with Crippen molar-refractivity contribution < 1.29 is 22.6 Å². The normalized spacial score (nSPS) is 18.0. The highest BCUT2D eigenvalue weighted by atomic mass is 32.2. The number of nitrogens with zero attached hydrogens (tertiary/aromatic N) is 5. The number of hydrogen-bond acceptors (Lipinski definition) is 9. The van der Waals surface area contributed by atoms with Gasteiger partial charge in [0, 0.05) is 24.9 Å². The van der Waals surface area contributed by atoms with Gasteiger partial charge in [-0.2, -0.15) is 0 Å². The lowest BCUT2D eigenvalue weighted by atomic mass is 10.1. The predicted octanol–water partition coefficient (Wildman–Crippen LogP) is 3.73. The van der Waals surface area contributed by atoms with Gasteiger partial charge in [-0.25, -0.2) is 18.4 Å². The van der Waals surface area contributed by atoms with E-state index in [-0.39, 0.29) is 17.7 Å². The number of ether oxygens (including phenoxy) is 3. The fourth-order valence-electron chi connectivity index (χ4n) is 4.34. The van der Waals surface area contributed by atoms with Gasteiger partial charge in [-0.3, -0.25) is 4.57 Å². The Morgan fingerprint density at radius 3 is 2.33 bits per heavy atom. The third-order valence-electron chi connectivity index (χ3n) is 6.66. The van der Waals surface area contributed by atoms with Crippen molar-refractivity contribution in [1.82, 2.24) is 24.7 Å². The van der Waals surface area contributed by atoms with Crippen molar-refractivity contribution in [2.24, 2.45) is 0 Å². The van der Waals surface area contributed by atoms with Crippen LogP contribution in [-0.4, -0.2) is 59.2 Å². The molecule has 1 saturated heterocycles. The Labute approximate surface area is 212 Å². The average Bonchev–Trinajstić information content (AvgIpc) is 3.30. The van der Waals surface area contributed by atoms with Gasteiger partial charge >= 0.3 is 0 Å². The smallest absolute Gasteiger partial charge is 0.167 e. The first-order valence-electron chi connectivity index (χ1n) is 12.0. The molecule has 11 heteroatoms. The van der Waals surface area contributed by atoms with Crippen molar-refractivity contribution in [3.63, 3.8) is 0 Å². The molecule has 0 N–H and O–H groups in total. The van der Waals surface area contributed by atoms with Gasteiger partial charge in [-0.15, -0.1) is 10.2 Å². The Morgan fingerprint density at radius 2 is 1.75 bits per heavy atom. The Bertz CT molecular complexity index is 1260. The quantitative estimate of drug-likeness (QED) is 0.420. The molecule has 0 aliphatic carbocycles. The molecule has 1 fully saturated rings. The van der Waals surface area contributed by atoms with Crippen LogP contribution in [0.15, 0.2) is 30.6 Å². The second-order valence-corrected chi connectivity index (χ2v) is 11.5. The zero-order chi connectivity index (χ0) is 25.9. The molecule has 1 aliphatic rings. The summed E-state index contributed by atoms with van der Waals surface area (Å²) in [6.45, 7) is 6.00. The maximum Gasteiger partial charge on any atom is 0.167 e. The summed E-state index contributed by atoms with van der Waals surface area (Å²) in [4.78, 5) is 8.67. The first kappa shape index (κ1) is 26.0. The lowest BCUT2D eigenvalue weighted by molar-refractivity contribution is 0.00828. The van der Waals surface area contributed by atoms with Crippen LogP contribution in [0.1, 0.15) is 68.2 Å². The van der Waals surface area contributed by atoms with E-state index in [0.717, 1.165) is 24.8 Å². The molecule has 1 aliphatic heterocycles. The summed E-state index contributed by atoms with van der Waals surface area (Å²) in [6.07, 6.45) is 5.80. The summed E-state index contributed by atoms with van der Waals surface area (Å²) in [5.74, 6) is 1.58. The summed E-state index contributed by atoms with van der Waals surface area (Å²) >= 11 is 0. The van der Waals surface area contributed by atoms with E-state index in [9.17, 15) is 8.42 Å². The van der Waals surface area contributed by atoms with Gasteiger partial charge in [0.25, 0.3) is 0 Å². The van der Waals surface area contributed by atoms with E-state index in [2.05, 4.69) is 20.2 Å². The molecule has 0 bridgehead atoms. The molecule has 2 aromatic heterocycles. The van der Waals surface area contributed by atoms with E-state index in [1.165, 1.54) is 0 Å². The second kappa shape index (κ2) is 10.9. The van der Waals surface area contributed by atoms with Crippen LogP contribution in [0.4, 0.5) is 0 Å². The number of sulfone groups is 1. The molecule has 3 heterocycles. The zero-order valence-corrected chi connectivity index (χ0v) is 22.2. The SMILES string of the molecule is COc1cccc(OC)c1-n1c(CS(=O)(=O)[C@@H](C)[C@H](C)c2ncc(C)cn2)nnc1[C@@H]1CCCCO1. The topological polar surface area (TPSA) is 118 Å². The molecular weight excluding hydrogens is 482 g/mol. The number of aromatic nitrogens is 5. The minimum Gasteiger partial charge on any atom is -0.494 e. The molecule has 0 spiro atoms. The van der Waals surface area contributed by atoms with E-state index in [1.807, 2.05) is 19.9 Å². The summed E-state index contributed by atoms with van der Waals surface area (Å²) in [7, 11) is -0.570. The Balaban J connectivity index is 1.77. The minimum atomic E-state index is -3.68. The van der Waals surface area contributed by atoms with Crippen molar-refractivity contribution in [3.05, 3.63) is 53.6 Å². The predicted molar refractivity (Wildman–Crippen MR) is 134 cm³/mol. The van der Waals surface area contributed by atoms with E-state index in [1.54, 1.807) is 50.2 Å². The second-order valence-electron chi connectivity index (χ2n) is 9.10. The van der Waals surface area contributed by atoms with E-state index in [0.29, 0.717) is 35.4 Å². The number of methoxy groups -OCH3 is 2. The van der Waals surface area contributed by atoms with Crippen molar-refractivity contribution in [2.45, 2.75) is 63.1 Å². The lowest BCUT2D eigenvalue weighted by Crippen LogP contribution is -2.28. The molecule has 3 atom stereocenters. The van der Waals surface area contributed by atoms with Crippen LogP contribution in [0.2, 0.25) is 0 Å². The average molecular weight is 516 g/mol. The van der Waals surface area contributed by atoms with Gasteiger partial charge in [0.2, 0.25) is 0 Å². The number of rotatable bonds is 9. The maximum atomic E-state index is 13.6. The minimum absolute atomic E-state index is 0.269. The summed E-state index contributed by atoms with van der Waals surface area (Å²) in [5, 5.41) is 8.00. The Kier molecular flexibility index (Phi) is 7.89. The van der Waals surface area contributed by atoms with Crippen molar-refractivity contribution >= 4 is 9.84 Å². The highest BCUT2D eigenvalue weighted by Gasteiger charge is 2.34. The number of aryl methyl sites for hydroxylation is 1. The first-order valence-corrected chi connectivity index (χ1v) is 13.8. The standard InChI is InChI=1S/C25H33N5O5S/c1-16-13-26-24(27-14-16)17(2)18(3)36(31,32)15-22-28-29-25(21-9-6-7-12-35-21)30(22)23-19(33-4)10-8-11-20(23)34-5/h8,10-11,13-14,17-18,21H,6-7,9,12,15H2,1-5H3/t17-,18-,21-/m0/s1. The van der Waals surface area contributed by atoms with Crippen LogP contribution in [0.5, 0.6) is 11.5 Å². The summed E-state index contributed by atoms with van der Waals surface area (Å²) in [5.41, 5.74) is 1.46. The highest BCUT2D eigenvalue weighted by molar-refractivity contribution is 7.91. The van der Waals surface area contributed by atoms with Crippen LogP contribution >= 0.6 is 0 Å². The molecule has 3 aromatic rings. The first-order chi connectivity index (χ1) is 17.3. The molecule has 4 rings (SSSR count). The molecule has 10 nitrogen and oxygen atoms in total. The number of para-hydroxylation sites is 1. The largest absolute Gasteiger partial charge is 0.494 e. The Hall–Kier alpha value is -3.05. The van der Waals surface area contributed by atoms with Crippen molar-refractivity contribution in [3.8, 4) is 17.2 Å². The highest BCUT2D eigenvalue weighted by Crippen LogP contribution is 2.38. The third kappa shape index (κ3) is 5.22. The van der Waals surface area contributed by atoms with Crippen molar-refractivity contribution in [1.29, 1.82) is 0 Å². The van der Waals surface area contributed by atoms with Crippen LogP contribution < -0.4 is 9.47 Å². The monoisotopic (exact) mass is 515 g/mol. The Morgan fingerprint density at radius 1 is 1.08 bits per heavy atom. The van der Waals surface area contributed by atoms with E-state index in [4.69, 9.17) is 14.2 Å². The zero-order valence-electron chi connectivity index (χ0n) is 21.3. The molecule has 36 heavy (non-hydrogen) atoms. The lowest BCUT2D eigenvalue weighted by Gasteiger charge is -2.24. The molecule has 1 aromatic carbocycles. The molecule has 0 amide bonds. The fraction of sp³-hybridized carbons (Fsp3) is 0.520. The molecule has 0 saturated carbocycles. The molecule has 0 radical (unpaired) electrons. The number of hydrogen-bond donors (Lipinski definition) is 0. The summed E-state index contributed by atoms with van der Waals surface area (Å²) in [6, 6.07) is 5.40. The van der Waals surface area contributed by atoms with E-state index < -0.39 is 21.0 Å². The van der Waals surface area contributed by atoms with Gasteiger partial charge in [0.05, 0.1) is 19.5 Å². The fourth-order valence-corrected chi connectivity index (χ4v) is 5.90. The van der Waals surface area contributed by atoms with Crippen LogP contribution in [-0.2, 0) is 20.3 Å². The third-order valence-corrected chi connectivity index (χ3v) is 8.86. The van der Waals surface area contributed by atoms with Gasteiger partial charge in [0.15, 0.2) is 21.5 Å². The van der Waals surface area contributed by atoms with Gasteiger partial charge < -0.3 is 14.2 Å². The maximum absolute atomic E-state index is 13.6.